The summed E-state index contributed by atoms with van der Waals surface area (Å²) in [6.07, 6.45) is 1.69. The summed E-state index contributed by atoms with van der Waals surface area (Å²) in [5.74, 6) is -0.543. The highest BCUT2D eigenvalue weighted by Gasteiger charge is 2.31. The molecule has 1 saturated heterocycles. The monoisotopic (exact) mass is 262 g/mol. The van der Waals surface area contributed by atoms with Gasteiger partial charge in [-0.1, -0.05) is 0 Å². The maximum atomic E-state index is 11.8. The molecule has 6 heteroatoms. The third kappa shape index (κ3) is 2.47. The minimum absolute atomic E-state index is 0.0404. The Hall–Kier alpha value is -2.24. The molecule has 0 aromatic heterocycles. The fraction of sp³-hybridized carbons (Fsp3) is 0.385. The van der Waals surface area contributed by atoms with Gasteiger partial charge in [-0.2, -0.15) is 0 Å². The molecule has 1 aromatic carbocycles. The number of nitrogens with two attached hydrogens (primary N) is 2. The first-order valence-corrected chi connectivity index (χ1v) is 6.22. The molecular formula is C13H18N4O2. The molecule has 102 valence electrons. The number of carbonyl (C=O) groups is 2. The van der Waals surface area contributed by atoms with Crippen molar-refractivity contribution in [2.24, 2.45) is 5.73 Å². The number of nitrogens with zero attached hydrogens (tertiary/aromatic N) is 1. The minimum atomic E-state index is -0.503. The number of nitrogen functional groups attached to an aromatic ring is 1. The van der Waals surface area contributed by atoms with Crippen molar-refractivity contribution in [2.45, 2.75) is 18.9 Å². The molecule has 0 aliphatic carbocycles. The van der Waals surface area contributed by atoms with Crippen molar-refractivity contribution in [3.05, 3.63) is 23.8 Å². The van der Waals surface area contributed by atoms with Crippen LogP contribution in [0.15, 0.2) is 18.2 Å². The van der Waals surface area contributed by atoms with Crippen LogP contribution in [0.5, 0.6) is 0 Å². The van der Waals surface area contributed by atoms with Gasteiger partial charge in [0.1, 0.15) is 6.04 Å². The van der Waals surface area contributed by atoms with Gasteiger partial charge in [0.05, 0.1) is 11.4 Å². The van der Waals surface area contributed by atoms with Gasteiger partial charge in [0.25, 0.3) is 0 Å². The van der Waals surface area contributed by atoms with Crippen LogP contribution in [0.3, 0.4) is 0 Å². The van der Waals surface area contributed by atoms with E-state index in [4.69, 9.17) is 11.5 Å². The number of amides is 2. The van der Waals surface area contributed by atoms with Crippen molar-refractivity contribution in [3.63, 3.8) is 0 Å². The van der Waals surface area contributed by atoms with Gasteiger partial charge in [-0.05, 0) is 31.0 Å². The summed E-state index contributed by atoms with van der Waals surface area (Å²) in [7, 11) is 1.61. The van der Waals surface area contributed by atoms with Gasteiger partial charge in [0.2, 0.25) is 11.8 Å². The largest absolute Gasteiger partial charge is 0.397 e. The molecule has 1 aliphatic heterocycles. The van der Waals surface area contributed by atoms with Crippen molar-refractivity contribution in [3.8, 4) is 0 Å². The Balaban J connectivity index is 2.37. The Morgan fingerprint density at radius 1 is 1.42 bits per heavy atom. The van der Waals surface area contributed by atoms with Gasteiger partial charge in [-0.25, -0.2) is 0 Å². The first-order valence-electron chi connectivity index (χ1n) is 6.22. The van der Waals surface area contributed by atoms with Crippen LogP contribution in [0.2, 0.25) is 0 Å². The van der Waals surface area contributed by atoms with E-state index in [1.165, 1.54) is 0 Å². The van der Waals surface area contributed by atoms with Crippen LogP contribution in [0.25, 0.3) is 0 Å². The number of hydrogen-bond acceptors (Lipinski definition) is 4. The van der Waals surface area contributed by atoms with Crippen molar-refractivity contribution in [2.75, 3.05) is 24.2 Å². The summed E-state index contributed by atoms with van der Waals surface area (Å²) in [4.78, 5) is 25.0. The van der Waals surface area contributed by atoms with E-state index in [9.17, 15) is 9.59 Å². The number of hydrogen-bond donors (Lipinski definition) is 3. The molecule has 1 fully saturated rings. The molecule has 0 bridgehead atoms. The third-order valence-electron chi connectivity index (χ3n) is 3.43. The maximum Gasteiger partial charge on any atom is 0.248 e. The molecule has 6 nitrogen and oxygen atoms in total. The van der Waals surface area contributed by atoms with E-state index < -0.39 is 5.91 Å². The molecule has 0 saturated carbocycles. The lowest BCUT2D eigenvalue weighted by Gasteiger charge is -2.27. The second kappa shape index (κ2) is 5.17. The number of anilines is 2. The zero-order valence-electron chi connectivity index (χ0n) is 10.8. The van der Waals surface area contributed by atoms with E-state index in [2.05, 4.69) is 5.32 Å². The van der Waals surface area contributed by atoms with E-state index in [1.54, 1.807) is 25.2 Å². The van der Waals surface area contributed by atoms with Gasteiger partial charge in [-0.3, -0.25) is 9.59 Å². The quantitative estimate of drug-likeness (QED) is 0.671. The van der Waals surface area contributed by atoms with Crippen molar-refractivity contribution in [1.29, 1.82) is 0 Å². The first-order chi connectivity index (χ1) is 9.04. The summed E-state index contributed by atoms with van der Waals surface area (Å²) in [5, 5.41) is 2.65. The van der Waals surface area contributed by atoms with Crippen LogP contribution in [0, 0.1) is 0 Å². The topological polar surface area (TPSA) is 101 Å². The SMILES string of the molecule is CNC(=O)C1CCCN1c1cc(C(N)=O)ccc1N. The Bertz CT molecular complexity index is 515. The van der Waals surface area contributed by atoms with Gasteiger partial charge in [0.15, 0.2) is 0 Å². The lowest BCUT2D eigenvalue weighted by atomic mass is 10.1. The third-order valence-corrected chi connectivity index (χ3v) is 3.43. The number of primary amides is 1. The van der Waals surface area contributed by atoms with Crippen LogP contribution >= 0.6 is 0 Å². The molecule has 1 aromatic rings. The Kier molecular flexibility index (Phi) is 3.59. The average Bonchev–Trinajstić information content (AvgIpc) is 2.87. The average molecular weight is 262 g/mol. The molecule has 5 N–H and O–H groups in total. The van der Waals surface area contributed by atoms with Gasteiger partial charge >= 0.3 is 0 Å². The van der Waals surface area contributed by atoms with Gasteiger partial charge in [-0.15, -0.1) is 0 Å². The van der Waals surface area contributed by atoms with Crippen LogP contribution in [-0.2, 0) is 4.79 Å². The van der Waals surface area contributed by atoms with Crippen molar-refractivity contribution >= 4 is 23.2 Å². The molecular weight excluding hydrogens is 244 g/mol. The van der Waals surface area contributed by atoms with Crippen LogP contribution < -0.4 is 21.7 Å². The molecule has 2 amide bonds. The van der Waals surface area contributed by atoms with E-state index in [0.29, 0.717) is 16.9 Å². The summed E-state index contributed by atoms with van der Waals surface area (Å²) < 4.78 is 0. The van der Waals surface area contributed by atoms with Crippen molar-refractivity contribution in [1.82, 2.24) is 5.32 Å². The number of benzene rings is 1. The normalized spacial score (nSPS) is 18.4. The molecule has 0 radical (unpaired) electrons. The summed E-state index contributed by atoms with van der Waals surface area (Å²) >= 11 is 0. The van der Waals surface area contributed by atoms with E-state index in [0.717, 1.165) is 19.4 Å². The summed E-state index contributed by atoms with van der Waals surface area (Å²) in [6, 6.07) is 4.65. The number of likely N-dealkylation sites (N-methyl/N-ethyl adjacent to an activating group) is 1. The number of carbonyl (C=O) groups excluding carboxylic acids is 2. The Labute approximate surface area is 111 Å². The standard InChI is InChI=1S/C13H18N4O2/c1-16-13(19)10-3-2-6-17(10)11-7-8(12(15)18)4-5-9(11)14/h4-5,7,10H,2-3,6,14H2,1H3,(H2,15,18)(H,16,19). The maximum absolute atomic E-state index is 11.8. The lowest BCUT2D eigenvalue weighted by molar-refractivity contribution is -0.121. The Morgan fingerprint density at radius 2 is 2.16 bits per heavy atom. The van der Waals surface area contributed by atoms with E-state index in [1.807, 2.05) is 4.90 Å². The molecule has 1 heterocycles. The zero-order chi connectivity index (χ0) is 14.0. The highest BCUT2D eigenvalue weighted by atomic mass is 16.2. The second-order valence-corrected chi connectivity index (χ2v) is 4.60. The molecule has 2 rings (SSSR count). The molecule has 1 atom stereocenters. The van der Waals surface area contributed by atoms with Crippen LogP contribution in [0.4, 0.5) is 11.4 Å². The number of nitrogens with one attached hydrogen (secondary N) is 1. The molecule has 1 unspecified atom stereocenters. The fourth-order valence-corrected chi connectivity index (χ4v) is 2.44. The molecule has 19 heavy (non-hydrogen) atoms. The lowest BCUT2D eigenvalue weighted by Crippen LogP contribution is -2.42. The minimum Gasteiger partial charge on any atom is -0.397 e. The zero-order valence-corrected chi connectivity index (χ0v) is 10.8. The van der Waals surface area contributed by atoms with Crippen LogP contribution in [0.1, 0.15) is 23.2 Å². The summed E-state index contributed by atoms with van der Waals surface area (Å²) in [6.45, 7) is 0.741. The predicted molar refractivity (Wildman–Crippen MR) is 73.8 cm³/mol. The van der Waals surface area contributed by atoms with Gasteiger partial charge in [0, 0.05) is 19.2 Å². The summed E-state index contributed by atoms with van der Waals surface area (Å²) in [5.41, 5.74) is 12.9. The number of rotatable bonds is 3. The van der Waals surface area contributed by atoms with Crippen LogP contribution in [-0.4, -0.2) is 31.4 Å². The molecule has 0 spiro atoms. The van der Waals surface area contributed by atoms with Crippen molar-refractivity contribution < 1.29 is 9.59 Å². The first kappa shape index (κ1) is 13.2. The second-order valence-electron chi connectivity index (χ2n) is 4.60. The molecule has 1 aliphatic rings. The Morgan fingerprint density at radius 3 is 2.79 bits per heavy atom. The highest BCUT2D eigenvalue weighted by Crippen LogP contribution is 2.31. The van der Waals surface area contributed by atoms with E-state index in [-0.39, 0.29) is 11.9 Å². The fourth-order valence-electron chi connectivity index (χ4n) is 2.44. The van der Waals surface area contributed by atoms with E-state index >= 15 is 0 Å². The highest BCUT2D eigenvalue weighted by molar-refractivity contribution is 5.96. The predicted octanol–water partition coefficient (Wildman–Crippen LogP) is 0.0825. The van der Waals surface area contributed by atoms with Gasteiger partial charge < -0.3 is 21.7 Å². The smallest absolute Gasteiger partial charge is 0.248 e.